The molecule has 4 rings (SSSR count). The average Bonchev–Trinajstić information content (AvgIpc) is 2.88. The summed E-state index contributed by atoms with van der Waals surface area (Å²) in [5.74, 6) is -1.44. The zero-order valence-corrected chi connectivity index (χ0v) is 20.8. The molecule has 3 aromatic carbocycles. The van der Waals surface area contributed by atoms with E-state index in [2.05, 4.69) is 5.32 Å². The van der Waals surface area contributed by atoms with Gasteiger partial charge in [-0.15, -0.1) is 0 Å². The number of piperidine rings is 1. The number of hydrogen-bond donors (Lipinski definition) is 2. The molecule has 0 spiro atoms. The first-order valence-electron chi connectivity index (χ1n) is 11.3. The zero-order chi connectivity index (χ0) is 25.7. The lowest BCUT2D eigenvalue weighted by Crippen LogP contribution is -2.42. The Morgan fingerprint density at radius 1 is 0.889 bits per heavy atom. The van der Waals surface area contributed by atoms with Crippen molar-refractivity contribution in [1.29, 1.82) is 0 Å². The minimum atomic E-state index is -4.20. The fraction of sp³-hybridized carbons (Fsp3) is 0.192. The van der Waals surface area contributed by atoms with Crippen molar-refractivity contribution in [2.75, 3.05) is 11.4 Å². The van der Waals surface area contributed by atoms with E-state index in [9.17, 15) is 22.8 Å². The lowest BCUT2D eigenvalue weighted by molar-refractivity contribution is -0.121. The maximum Gasteiger partial charge on any atom is 0.264 e. The van der Waals surface area contributed by atoms with Gasteiger partial charge in [-0.1, -0.05) is 41.9 Å². The Kier molecular flexibility index (Phi) is 7.71. The highest BCUT2D eigenvalue weighted by Crippen LogP contribution is 2.22. The molecule has 2 N–H and O–H groups in total. The molecular weight excluding hydrogens is 502 g/mol. The normalized spacial score (nSPS) is 14.7. The molecular formula is C26H24ClN3O5S. The van der Waals surface area contributed by atoms with Crippen molar-refractivity contribution in [2.45, 2.75) is 30.2 Å². The van der Waals surface area contributed by atoms with Crippen LogP contribution in [0, 0.1) is 0 Å². The van der Waals surface area contributed by atoms with E-state index in [0.717, 1.165) is 12.8 Å². The first-order valence-corrected chi connectivity index (χ1v) is 13.2. The summed E-state index contributed by atoms with van der Waals surface area (Å²) in [4.78, 5) is 39.8. The van der Waals surface area contributed by atoms with Gasteiger partial charge in [-0.3, -0.25) is 14.4 Å². The minimum absolute atomic E-state index is 0.0427. The van der Waals surface area contributed by atoms with Crippen LogP contribution >= 0.6 is 11.6 Å². The zero-order valence-electron chi connectivity index (χ0n) is 19.2. The Bertz CT molecular complexity index is 1360. The number of sulfonamides is 1. The molecule has 1 aliphatic rings. The molecule has 1 fully saturated rings. The summed E-state index contributed by atoms with van der Waals surface area (Å²) in [7, 11) is -4.20. The van der Waals surface area contributed by atoms with Crippen LogP contribution in [0.15, 0.2) is 83.8 Å². The molecule has 0 bridgehead atoms. The van der Waals surface area contributed by atoms with Crippen LogP contribution in [0.4, 0.5) is 5.69 Å². The molecule has 1 heterocycles. The molecule has 36 heavy (non-hydrogen) atoms. The molecule has 0 aliphatic carbocycles. The van der Waals surface area contributed by atoms with E-state index >= 15 is 0 Å². The topological polar surface area (TPSA) is 113 Å². The molecule has 3 amide bonds. The van der Waals surface area contributed by atoms with Gasteiger partial charge in [0.05, 0.1) is 4.90 Å². The SMILES string of the molecule is O=C(NC(C(=O)NS(=O)(=O)c1ccc(Cl)cc1)c1ccccc1)c1ccc(N2CCCCC2=O)cc1. The van der Waals surface area contributed by atoms with E-state index in [4.69, 9.17) is 11.6 Å². The maximum absolute atomic E-state index is 13.1. The van der Waals surface area contributed by atoms with Gasteiger partial charge in [0.25, 0.3) is 21.8 Å². The third-order valence-electron chi connectivity index (χ3n) is 5.79. The van der Waals surface area contributed by atoms with E-state index in [-0.39, 0.29) is 16.4 Å². The molecule has 10 heteroatoms. The molecule has 1 atom stereocenters. The van der Waals surface area contributed by atoms with Crippen LogP contribution < -0.4 is 14.9 Å². The highest BCUT2D eigenvalue weighted by Gasteiger charge is 2.28. The van der Waals surface area contributed by atoms with Gasteiger partial charge in [0, 0.05) is 29.2 Å². The Morgan fingerprint density at radius 3 is 2.19 bits per heavy atom. The molecule has 3 aromatic rings. The lowest BCUT2D eigenvalue weighted by Gasteiger charge is -2.27. The second kappa shape index (κ2) is 10.9. The highest BCUT2D eigenvalue weighted by atomic mass is 35.5. The summed E-state index contributed by atoms with van der Waals surface area (Å²) in [6.07, 6.45) is 2.28. The summed E-state index contributed by atoms with van der Waals surface area (Å²) in [6, 6.07) is 18.9. The van der Waals surface area contributed by atoms with E-state index in [1.54, 1.807) is 59.5 Å². The fourth-order valence-electron chi connectivity index (χ4n) is 3.90. The van der Waals surface area contributed by atoms with Crippen LogP contribution in [0.2, 0.25) is 5.02 Å². The summed E-state index contributed by atoms with van der Waals surface area (Å²) in [5.41, 5.74) is 1.37. The monoisotopic (exact) mass is 525 g/mol. The summed E-state index contributed by atoms with van der Waals surface area (Å²) >= 11 is 5.83. The van der Waals surface area contributed by atoms with Gasteiger partial charge in [-0.2, -0.15) is 0 Å². The Balaban J connectivity index is 1.53. The first-order chi connectivity index (χ1) is 17.2. The largest absolute Gasteiger partial charge is 0.336 e. The number of carbonyl (C=O) groups is 3. The summed E-state index contributed by atoms with van der Waals surface area (Å²) in [5, 5.41) is 2.98. The number of halogens is 1. The number of rotatable bonds is 7. The number of nitrogens with zero attached hydrogens (tertiary/aromatic N) is 1. The van der Waals surface area contributed by atoms with E-state index in [0.29, 0.717) is 29.2 Å². The van der Waals surface area contributed by atoms with Gasteiger partial charge in [0.2, 0.25) is 5.91 Å². The maximum atomic E-state index is 13.1. The molecule has 0 aromatic heterocycles. The van der Waals surface area contributed by atoms with Crippen LogP contribution in [0.5, 0.6) is 0 Å². The second-order valence-corrected chi connectivity index (χ2v) is 10.4. The smallest absolute Gasteiger partial charge is 0.264 e. The lowest BCUT2D eigenvalue weighted by atomic mass is 10.1. The van der Waals surface area contributed by atoms with Crippen molar-refractivity contribution in [3.8, 4) is 0 Å². The third-order valence-corrected chi connectivity index (χ3v) is 7.41. The van der Waals surface area contributed by atoms with Gasteiger partial charge < -0.3 is 10.2 Å². The van der Waals surface area contributed by atoms with Crippen molar-refractivity contribution in [3.05, 3.63) is 95.0 Å². The quantitative estimate of drug-likeness (QED) is 0.487. The fourth-order valence-corrected chi connectivity index (χ4v) is 5.02. The Hall–Kier alpha value is -3.69. The third kappa shape index (κ3) is 5.92. The Labute approximate surface area is 214 Å². The number of hydrogen-bond acceptors (Lipinski definition) is 5. The standard InChI is InChI=1S/C26H24ClN3O5S/c27-20-11-15-22(16-12-20)36(34,35)29-26(33)24(18-6-2-1-3-7-18)28-25(32)19-9-13-21(14-10-19)30-17-5-4-8-23(30)31/h1-3,6-7,9-16,24H,4-5,8,17H2,(H,28,32)(H,29,33). The number of anilines is 1. The molecule has 1 saturated heterocycles. The molecule has 1 aliphatic heterocycles. The molecule has 0 radical (unpaired) electrons. The van der Waals surface area contributed by atoms with Gasteiger partial charge in [0.1, 0.15) is 6.04 Å². The van der Waals surface area contributed by atoms with Crippen LogP contribution in [-0.4, -0.2) is 32.7 Å². The predicted octanol–water partition coefficient (Wildman–Crippen LogP) is 3.83. The van der Waals surface area contributed by atoms with Crippen LogP contribution in [0.1, 0.15) is 41.2 Å². The average molecular weight is 526 g/mol. The first kappa shape index (κ1) is 25.4. The summed E-state index contributed by atoms with van der Waals surface area (Å²) < 4.78 is 27.5. The molecule has 186 valence electrons. The van der Waals surface area contributed by atoms with Crippen molar-refractivity contribution in [1.82, 2.24) is 10.0 Å². The number of carbonyl (C=O) groups excluding carboxylic acids is 3. The molecule has 0 saturated carbocycles. The van der Waals surface area contributed by atoms with Crippen molar-refractivity contribution in [3.63, 3.8) is 0 Å². The number of benzene rings is 3. The highest BCUT2D eigenvalue weighted by molar-refractivity contribution is 7.90. The van der Waals surface area contributed by atoms with Crippen molar-refractivity contribution < 1.29 is 22.8 Å². The summed E-state index contributed by atoms with van der Waals surface area (Å²) in [6.45, 7) is 0.628. The van der Waals surface area contributed by atoms with E-state index < -0.39 is 27.9 Å². The Morgan fingerprint density at radius 2 is 1.56 bits per heavy atom. The number of amides is 3. The second-order valence-electron chi connectivity index (χ2n) is 8.29. The van der Waals surface area contributed by atoms with Gasteiger partial charge in [0.15, 0.2) is 0 Å². The van der Waals surface area contributed by atoms with Gasteiger partial charge in [-0.25, -0.2) is 13.1 Å². The number of nitrogens with one attached hydrogen (secondary N) is 2. The van der Waals surface area contributed by atoms with E-state index in [1.807, 2.05) is 4.72 Å². The van der Waals surface area contributed by atoms with Crippen molar-refractivity contribution in [2.24, 2.45) is 0 Å². The van der Waals surface area contributed by atoms with Crippen LogP contribution in [0.25, 0.3) is 0 Å². The van der Waals surface area contributed by atoms with Crippen molar-refractivity contribution >= 4 is 45.0 Å². The van der Waals surface area contributed by atoms with Gasteiger partial charge >= 0.3 is 0 Å². The minimum Gasteiger partial charge on any atom is -0.336 e. The van der Waals surface area contributed by atoms with Crippen LogP contribution in [0.3, 0.4) is 0 Å². The molecule has 1 unspecified atom stereocenters. The van der Waals surface area contributed by atoms with Crippen LogP contribution in [-0.2, 0) is 19.6 Å². The van der Waals surface area contributed by atoms with E-state index in [1.165, 1.54) is 24.3 Å². The molecule has 8 nitrogen and oxygen atoms in total. The predicted molar refractivity (Wildman–Crippen MR) is 136 cm³/mol. The van der Waals surface area contributed by atoms with Gasteiger partial charge in [-0.05, 0) is 66.9 Å².